The number of nitrogens with zero attached hydrogens (tertiary/aromatic N) is 5. The quantitative estimate of drug-likeness (QED) is 0.430. The largest absolute Gasteiger partial charge is 0.433 e. The van der Waals surface area contributed by atoms with Gasteiger partial charge in [-0.1, -0.05) is 18.2 Å². The molecule has 0 atom stereocenters. The van der Waals surface area contributed by atoms with E-state index in [0.717, 1.165) is 23.4 Å². The summed E-state index contributed by atoms with van der Waals surface area (Å²) in [5.74, 6) is -0.0792. The molecule has 0 spiro atoms. The Bertz CT molecular complexity index is 1440. The normalized spacial score (nSPS) is 11.2. The summed E-state index contributed by atoms with van der Waals surface area (Å²) in [5, 5.41) is 16.3. The third-order valence-corrected chi connectivity index (χ3v) is 5.40. The van der Waals surface area contributed by atoms with E-state index in [1.165, 1.54) is 10.7 Å². The topological polar surface area (TPSA) is 96.5 Å². The second-order valence-electron chi connectivity index (χ2n) is 7.77. The molecule has 0 aliphatic rings. The van der Waals surface area contributed by atoms with E-state index in [0.29, 0.717) is 33.9 Å². The molecule has 10 heteroatoms. The highest BCUT2D eigenvalue weighted by atomic mass is 19.4. The Morgan fingerprint density at radius 1 is 1.09 bits per heavy atom. The Balaban J connectivity index is 1.50. The molecular weight excluding hydrogens is 457 g/mol. The molecule has 0 aliphatic heterocycles. The number of amides is 1. The number of benzene rings is 1. The Labute approximate surface area is 198 Å². The number of hydrogen-bond donors (Lipinski definition) is 1. The van der Waals surface area contributed by atoms with Gasteiger partial charge < -0.3 is 5.32 Å². The van der Waals surface area contributed by atoms with Gasteiger partial charge in [0.25, 0.3) is 0 Å². The average molecular weight is 476 g/mol. The predicted molar refractivity (Wildman–Crippen MR) is 123 cm³/mol. The first-order valence-corrected chi connectivity index (χ1v) is 10.5. The van der Waals surface area contributed by atoms with Crippen molar-refractivity contribution >= 4 is 11.7 Å². The highest BCUT2D eigenvalue weighted by Crippen LogP contribution is 2.33. The summed E-state index contributed by atoms with van der Waals surface area (Å²) in [4.78, 5) is 20.3. The second kappa shape index (κ2) is 9.38. The van der Waals surface area contributed by atoms with Crippen molar-refractivity contribution in [2.24, 2.45) is 0 Å². The third kappa shape index (κ3) is 5.04. The minimum Gasteiger partial charge on any atom is -0.309 e. The van der Waals surface area contributed by atoms with Gasteiger partial charge in [-0.05, 0) is 49.7 Å². The van der Waals surface area contributed by atoms with Gasteiger partial charge in [0.05, 0.1) is 17.3 Å². The minimum atomic E-state index is -4.56. The molecule has 4 rings (SSSR count). The Morgan fingerprint density at radius 2 is 1.86 bits per heavy atom. The summed E-state index contributed by atoms with van der Waals surface area (Å²) in [7, 11) is 0. The van der Waals surface area contributed by atoms with E-state index in [9.17, 15) is 23.2 Å². The molecular formula is C25H19F3N6O. The number of carbonyl (C=O) groups is 1. The maximum absolute atomic E-state index is 13.1. The number of aryl methyl sites for hydroxylation is 1. The van der Waals surface area contributed by atoms with Gasteiger partial charge in [0, 0.05) is 34.8 Å². The minimum absolute atomic E-state index is 0.148. The van der Waals surface area contributed by atoms with Crippen LogP contribution in [0.25, 0.3) is 22.3 Å². The lowest BCUT2D eigenvalue weighted by atomic mass is 10.0. The zero-order valence-corrected chi connectivity index (χ0v) is 18.8. The van der Waals surface area contributed by atoms with Gasteiger partial charge in [-0.15, -0.1) is 0 Å². The molecule has 176 valence electrons. The van der Waals surface area contributed by atoms with E-state index < -0.39 is 17.8 Å². The monoisotopic (exact) mass is 476 g/mol. The fourth-order valence-electron chi connectivity index (χ4n) is 3.79. The lowest BCUT2D eigenvalue weighted by Gasteiger charge is -2.09. The number of pyridine rings is 2. The Morgan fingerprint density at radius 3 is 2.54 bits per heavy atom. The summed E-state index contributed by atoms with van der Waals surface area (Å²) in [6.07, 6.45) is -1.90. The van der Waals surface area contributed by atoms with Gasteiger partial charge in [0.15, 0.2) is 0 Å². The predicted octanol–water partition coefficient (Wildman–Crippen LogP) is 5.15. The zero-order valence-electron chi connectivity index (χ0n) is 18.8. The van der Waals surface area contributed by atoms with Crippen LogP contribution in [-0.4, -0.2) is 25.7 Å². The van der Waals surface area contributed by atoms with Crippen molar-refractivity contribution in [2.75, 3.05) is 5.32 Å². The second-order valence-corrected chi connectivity index (χ2v) is 7.77. The molecule has 7 nitrogen and oxygen atoms in total. The first-order chi connectivity index (χ1) is 16.7. The molecule has 0 fully saturated rings. The maximum atomic E-state index is 13.1. The molecule has 1 amide bonds. The summed E-state index contributed by atoms with van der Waals surface area (Å²) >= 11 is 0. The van der Waals surface area contributed by atoms with Crippen LogP contribution in [0.4, 0.5) is 19.0 Å². The molecule has 0 unspecified atom stereocenters. The molecule has 35 heavy (non-hydrogen) atoms. The first-order valence-electron chi connectivity index (χ1n) is 10.5. The van der Waals surface area contributed by atoms with Crippen LogP contribution in [0.3, 0.4) is 0 Å². The van der Waals surface area contributed by atoms with Crippen molar-refractivity contribution in [3.8, 4) is 28.3 Å². The number of hydrogen-bond acceptors (Lipinski definition) is 5. The van der Waals surface area contributed by atoms with Crippen LogP contribution in [0.15, 0.2) is 60.9 Å². The number of carbonyl (C=O) groups excluding carboxylic acids is 1. The smallest absolute Gasteiger partial charge is 0.309 e. The van der Waals surface area contributed by atoms with Gasteiger partial charge in [0.1, 0.15) is 18.1 Å². The van der Waals surface area contributed by atoms with E-state index in [2.05, 4.69) is 26.5 Å². The molecule has 4 aromatic rings. The summed E-state index contributed by atoms with van der Waals surface area (Å²) < 4.78 is 40.7. The van der Waals surface area contributed by atoms with Crippen LogP contribution in [-0.2, 0) is 17.5 Å². The Hall–Kier alpha value is -4.52. The fourth-order valence-corrected chi connectivity index (χ4v) is 3.79. The van der Waals surface area contributed by atoms with Gasteiger partial charge in [-0.2, -0.15) is 23.5 Å². The lowest BCUT2D eigenvalue weighted by molar-refractivity contribution is -0.141. The molecule has 3 aromatic heterocycles. The van der Waals surface area contributed by atoms with Gasteiger partial charge in [-0.25, -0.2) is 4.98 Å². The molecule has 0 aliphatic carbocycles. The molecule has 0 saturated carbocycles. The highest BCUT2D eigenvalue weighted by molar-refractivity contribution is 5.90. The number of anilines is 1. The number of alkyl halides is 3. The van der Waals surface area contributed by atoms with Crippen molar-refractivity contribution in [3.63, 3.8) is 0 Å². The van der Waals surface area contributed by atoms with Gasteiger partial charge in [-0.3, -0.25) is 14.5 Å². The van der Waals surface area contributed by atoms with Crippen LogP contribution >= 0.6 is 0 Å². The van der Waals surface area contributed by atoms with Crippen LogP contribution in [0.5, 0.6) is 0 Å². The summed E-state index contributed by atoms with van der Waals surface area (Å²) in [6, 6.07) is 15.1. The van der Waals surface area contributed by atoms with Crippen LogP contribution in [0.1, 0.15) is 22.6 Å². The van der Waals surface area contributed by atoms with Gasteiger partial charge >= 0.3 is 6.18 Å². The van der Waals surface area contributed by atoms with E-state index in [4.69, 9.17) is 0 Å². The number of aromatic nitrogens is 4. The number of halogens is 3. The van der Waals surface area contributed by atoms with E-state index in [1.807, 2.05) is 12.1 Å². The molecule has 0 saturated heterocycles. The molecule has 1 aromatic carbocycles. The average Bonchev–Trinajstić information content (AvgIpc) is 3.11. The SMILES string of the molecule is Cc1nn(CC(=O)Nc2ccc(-c3ccccc3C#N)cn2)c(C)c1-c1ccnc(C(F)(F)F)c1. The van der Waals surface area contributed by atoms with Crippen molar-refractivity contribution in [1.82, 2.24) is 19.7 Å². The standard InChI is InChI=1S/C25H19F3N6O/c1-15-24(17-9-10-30-21(11-17)25(26,27)28)16(2)34(33-15)14-23(35)32-22-8-7-19(13-31-22)20-6-4-3-5-18(20)12-29/h3-11,13H,14H2,1-2H3,(H,31,32,35). The van der Waals surface area contributed by atoms with Crippen molar-refractivity contribution in [3.05, 3.63) is 83.6 Å². The molecule has 1 N–H and O–H groups in total. The van der Waals surface area contributed by atoms with Crippen LogP contribution in [0.2, 0.25) is 0 Å². The van der Waals surface area contributed by atoms with Crippen molar-refractivity contribution in [1.29, 1.82) is 5.26 Å². The fraction of sp³-hybridized carbons (Fsp3) is 0.160. The third-order valence-electron chi connectivity index (χ3n) is 5.40. The number of nitriles is 1. The first kappa shape index (κ1) is 23.6. The lowest BCUT2D eigenvalue weighted by Crippen LogP contribution is -2.20. The highest BCUT2D eigenvalue weighted by Gasteiger charge is 2.33. The van der Waals surface area contributed by atoms with E-state index in [-0.39, 0.29) is 6.54 Å². The molecule has 0 radical (unpaired) electrons. The van der Waals surface area contributed by atoms with E-state index in [1.54, 1.807) is 44.3 Å². The molecule has 3 heterocycles. The molecule has 0 bridgehead atoms. The number of rotatable bonds is 5. The zero-order chi connectivity index (χ0) is 25.2. The van der Waals surface area contributed by atoms with Crippen LogP contribution < -0.4 is 5.32 Å². The summed E-state index contributed by atoms with van der Waals surface area (Å²) in [6.45, 7) is 3.21. The van der Waals surface area contributed by atoms with Crippen molar-refractivity contribution < 1.29 is 18.0 Å². The summed E-state index contributed by atoms with van der Waals surface area (Å²) in [5.41, 5.74) is 2.88. The van der Waals surface area contributed by atoms with E-state index >= 15 is 0 Å². The van der Waals surface area contributed by atoms with Gasteiger partial charge in [0.2, 0.25) is 5.91 Å². The maximum Gasteiger partial charge on any atom is 0.433 e. The number of nitrogens with one attached hydrogen (secondary N) is 1. The Kier molecular flexibility index (Phi) is 6.34. The van der Waals surface area contributed by atoms with Crippen molar-refractivity contribution in [2.45, 2.75) is 26.6 Å². The van der Waals surface area contributed by atoms with Crippen LogP contribution in [0, 0.1) is 25.2 Å².